The van der Waals surface area contributed by atoms with E-state index in [-0.39, 0.29) is 11.6 Å². The third-order valence-corrected chi connectivity index (χ3v) is 2.43. The molecular weight excluding hydrogens is 256 g/mol. The number of nitriles is 1. The van der Waals surface area contributed by atoms with E-state index in [4.69, 9.17) is 5.26 Å². The molecule has 0 saturated carbocycles. The molecule has 7 nitrogen and oxygen atoms in total. The standard InChI is InChI=1S/C13H12N6O/c14-8-11-12(17-5-4-16-11)18-6-7-19-13(20)10-2-1-3-15-9-10/h1-5,9H,6-7H2,(H,17,18)(H,19,20). The Kier molecular flexibility index (Phi) is 4.56. The number of amides is 1. The van der Waals surface area contributed by atoms with Gasteiger partial charge in [0.15, 0.2) is 11.5 Å². The monoisotopic (exact) mass is 268 g/mol. The number of nitrogens with zero attached hydrogens (tertiary/aromatic N) is 4. The Hall–Kier alpha value is -3.01. The Bertz CT molecular complexity index is 622. The molecule has 0 aliphatic carbocycles. The third-order valence-electron chi connectivity index (χ3n) is 2.43. The van der Waals surface area contributed by atoms with Crippen LogP contribution in [-0.4, -0.2) is 33.9 Å². The number of carbonyl (C=O) groups excluding carboxylic acids is 1. The molecule has 0 aromatic carbocycles. The van der Waals surface area contributed by atoms with Crippen LogP contribution in [0.15, 0.2) is 36.9 Å². The molecule has 7 heteroatoms. The van der Waals surface area contributed by atoms with Crippen LogP contribution in [0.4, 0.5) is 5.82 Å². The van der Waals surface area contributed by atoms with Gasteiger partial charge in [0.2, 0.25) is 0 Å². The summed E-state index contributed by atoms with van der Waals surface area (Å²) in [5.41, 5.74) is 0.732. The van der Waals surface area contributed by atoms with Gasteiger partial charge in [-0.2, -0.15) is 5.26 Å². The summed E-state index contributed by atoms with van der Waals surface area (Å²) in [7, 11) is 0. The van der Waals surface area contributed by atoms with E-state index in [0.717, 1.165) is 0 Å². The minimum Gasteiger partial charge on any atom is -0.366 e. The fraction of sp³-hybridized carbons (Fsp3) is 0.154. The van der Waals surface area contributed by atoms with Gasteiger partial charge in [0.05, 0.1) is 5.56 Å². The number of anilines is 1. The normalized spacial score (nSPS) is 9.55. The van der Waals surface area contributed by atoms with Crippen LogP contribution in [0.25, 0.3) is 0 Å². The average molecular weight is 268 g/mol. The topological polar surface area (TPSA) is 104 Å². The quantitative estimate of drug-likeness (QED) is 0.769. The summed E-state index contributed by atoms with van der Waals surface area (Å²) in [4.78, 5) is 23.5. The van der Waals surface area contributed by atoms with Crippen molar-refractivity contribution in [3.05, 3.63) is 48.2 Å². The lowest BCUT2D eigenvalue weighted by molar-refractivity contribution is 0.0955. The summed E-state index contributed by atoms with van der Waals surface area (Å²) in [6.45, 7) is 0.842. The van der Waals surface area contributed by atoms with Crippen molar-refractivity contribution in [2.75, 3.05) is 18.4 Å². The van der Waals surface area contributed by atoms with Gasteiger partial charge in [-0.15, -0.1) is 0 Å². The second-order valence-electron chi connectivity index (χ2n) is 3.79. The maximum Gasteiger partial charge on any atom is 0.252 e. The first kappa shape index (κ1) is 13.4. The zero-order valence-electron chi connectivity index (χ0n) is 10.6. The molecule has 100 valence electrons. The maximum absolute atomic E-state index is 11.7. The Morgan fingerprint density at radius 1 is 1.25 bits per heavy atom. The van der Waals surface area contributed by atoms with Crippen molar-refractivity contribution in [2.45, 2.75) is 0 Å². The first-order chi connectivity index (χ1) is 9.81. The van der Waals surface area contributed by atoms with Gasteiger partial charge >= 0.3 is 0 Å². The molecule has 1 amide bonds. The second kappa shape index (κ2) is 6.80. The molecule has 2 aromatic heterocycles. The molecule has 0 spiro atoms. The van der Waals surface area contributed by atoms with E-state index in [0.29, 0.717) is 24.5 Å². The van der Waals surface area contributed by atoms with Crippen LogP contribution < -0.4 is 10.6 Å². The molecule has 2 rings (SSSR count). The fourth-order valence-corrected chi connectivity index (χ4v) is 1.51. The van der Waals surface area contributed by atoms with Gasteiger partial charge in [0.1, 0.15) is 6.07 Å². The van der Waals surface area contributed by atoms with Crippen LogP contribution in [-0.2, 0) is 0 Å². The summed E-state index contributed by atoms with van der Waals surface area (Å²) in [5, 5.41) is 14.5. The van der Waals surface area contributed by atoms with Gasteiger partial charge in [0.25, 0.3) is 5.91 Å². The predicted octanol–water partition coefficient (Wildman–Crippen LogP) is 0.585. The summed E-state index contributed by atoms with van der Waals surface area (Å²) < 4.78 is 0. The van der Waals surface area contributed by atoms with Crippen molar-refractivity contribution >= 4 is 11.7 Å². The second-order valence-corrected chi connectivity index (χ2v) is 3.79. The molecule has 0 fully saturated rings. The Morgan fingerprint density at radius 2 is 2.10 bits per heavy atom. The molecule has 2 N–H and O–H groups in total. The van der Waals surface area contributed by atoms with Gasteiger partial charge in [-0.25, -0.2) is 9.97 Å². The van der Waals surface area contributed by atoms with Crippen LogP contribution in [0.2, 0.25) is 0 Å². The predicted molar refractivity (Wildman–Crippen MR) is 71.8 cm³/mol. The van der Waals surface area contributed by atoms with Crippen LogP contribution in [0.1, 0.15) is 16.1 Å². The molecule has 0 aliphatic rings. The molecule has 0 atom stereocenters. The summed E-state index contributed by atoms with van der Waals surface area (Å²) in [5.74, 6) is 0.213. The first-order valence-corrected chi connectivity index (χ1v) is 5.94. The highest BCUT2D eigenvalue weighted by atomic mass is 16.1. The number of carbonyl (C=O) groups is 1. The zero-order valence-corrected chi connectivity index (χ0v) is 10.6. The van der Waals surface area contributed by atoms with Crippen molar-refractivity contribution in [2.24, 2.45) is 0 Å². The van der Waals surface area contributed by atoms with E-state index in [2.05, 4.69) is 25.6 Å². The summed E-state index contributed by atoms with van der Waals surface area (Å²) in [6.07, 6.45) is 6.06. The van der Waals surface area contributed by atoms with E-state index in [1.54, 1.807) is 18.3 Å². The molecule has 0 bridgehead atoms. The Morgan fingerprint density at radius 3 is 2.85 bits per heavy atom. The first-order valence-electron chi connectivity index (χ1n) is 5.94. The van der Waals surface area contributed by atoms with Crippen molar-refractivity contribution < 1.29 is 4.79 Å². The van der Waals surface area contributed by atoms with Crippen LogP contribution >= 0.6 is 0 Å². The molecule has 0 saturated heterocycles. The zero-order chi connectivity index (χ0) is 14.2. The Balaban J connectivity index is 1.80. The van der Waals surface area contributed by atoms with Gasteiger partial charge in [-0.1, -0.05) is 0 Å². The molecule has 0 unspecified atom stereocenters. The lowest BCUT2D eigenvalue weighted by atomic mass is 10.3. The van der Waals surface area contributed by atoms with Crippen molar-refractivity contribution in [1.82, 2.24) is 20.3 Å². The largest absolute Gasteiger partial charge is 0.366 e. The lowest BCUT2D eigenvalue weighted by Crippen LogP contribution is -2.29. The van der Waals surface area contributed by atoms with E-state index in [9.17, 15) is 4.79 Å². The number of hydrogen-bond donors (Lipinski definition) is 2. The van der Waals surface area contributed by atoms with Crippen molar-refractivity contribution in [3.63, 3.8) is 0 Å². The molecule has 0 aliphatic heterocycles. The molecular formula is C13H12N6O. The number of nitrogens with one attached hydrogen (secondary N) is 2. The molecule has 20 heavy (non-hydrogen) atoms. The van der Waals surface area contributed by atoms with Crippen LogP contribution in [0, 0.1) is 11.3 Å². The van der Waals surface area contributed by atoms with E-state index < -0.39 is 0 Å². The third kappa shape index (κ3) is 3.49. The van der Waals surface area contributed by atoms with Crippen LogP contribution in [0.5, 0.6) is 0 Å². The van der Waals surface area contributed by atoms with Crippen LogP contribution in [0.3, 0.4) is 0 Å². The highest BCUT2D eigenvalue weighted by Crippen LogP contribution is 2.05. The van der Waals surface area contributed by atoms with Gasteiger partial charge in [-0.05, 0) is 12.1 Å². The smallest absolute Gasteiger partial charge is 0.252 e. The van der Waals surface area contributed by atoms with Crippen molar-refractivity contribution in [3.8, 4) is 6.07 Å². The Labute approximate surface area is 115 Å². The SMILES string of the molecule is N#Cc1nccnc1NCCNC(=O)c1cccnc1. The number of pyridine rings is 1. The minimum atomic E-state index is -0.195. The van der Waals surface area contributed by atoms with Gasteiger partial charge in [-0.3, -0.25) is 9.78 Å². The highest BCUT2D eigenvalue weighted by Gasteiger charge is 2.05. The van der Waals surface area contributed by atoms with E-state index in [1.807, 2.05) is 6.07 Å². The highest BCUT2D eigenvalue weighted by molar-refractivity contribution is 5.93. The number of aromatic nitrogens is 3. The lowest BCUT2D eigenvalue weighted by Gasteiger charge is -2.07. The molecule has 2 aromatic rings. The molecule has 0 radical (unpaired) electrons. The van der Waals surface area contributed by atoms with E-state index >= 15 is 0 Å². The minimum absolute atomic E-state index is 0.195. The number of hydrogen-bond acceptors (Lipinski definition) is 6. The van der Waals surface area contributed by atoms with Crippen molar-refractivity contribution in [1.29, 1.82) is 5.26 Å². The summed E-state index contributed by atoms with van der Waals surface area (Å²) in [6, 6.07) is 5.33. The van der Waals surface area contributed by atoms with Gasteiger partial charge in [0, 0.05) is 37.9 Å². The summed E-state index contributed by atoms with van der Waals surface area (Å²) >= 11 is 0. The van der Waals surface area contributed by atoms with E-state index in [1.165, 1.54) is 18.6 Å². The fourth-order valence-electron chi connectivity index (χ4n) is 1.51. The average Bonchev–Trinajstić information content (AvgIpc) is 2.52. The number of rotatable bonds is 5. The molecule has 2 heterocycles. The maximum atomic E-state index is 11.7. The van der Waals surface area contributed by atoms with Gasteiger partial charge < -0.3 is 10.6 Å².